The Balaban J connectivity index is 1.85. The number of hydrogen-bond acceptors (Lipinski definition) is 2. The Bertz CT molecular complexity index is 154. The minimum atomic E-state index is 0.535. The first kappa shape index (κ1) is 8.52. The van der Waals surface area contributed by atoms with Crippen molar-refractivity contribution in [1.82, 2.24) is 5.32 Å². The van der Waals surface area contributed by atoms with Crippen LogP contribution >= 0.6 is 0 Å². The Morgan fingerprint density at radius 1 is 1.25 bits per heavy atom. The van der Waals surface area contributed by atoms with Crippen LogP contribution in [0.4, 0.5) is 0 Å². The van der Waals surface area contributed by atoms with E-state index in [0.717, 1.165) is 12.5 Å². The topological polar surface area (TPSA) is 21.3 Å². The number of hydrogen-bond donors (Lipinski definition) is 1. The van der Waals surface area contributed by atoms with Gasteiger partial charge in [0, 0.05) is 18.7 Å². The Morgan fingerprint density at radius 3 is 2.58 bits per heavy atom. The van der Waals surface area contributed by atoms with E-state index in [1.54, 1.807) is 0 Å². The zero-order valence-corrected chi connectivity index (χ0v) is 8.05. The molecule has 0 amide bonds. The number of rotatable bonds is 3. The largest absolute Gasteiger partial charge is 0.376 e. The molecule has 1 saturated heterocycles. The van der Waals surface area contributed by atoms with Crippen LogP contribution in [-0.4, -0.2) is 24.8 Å². The van der Waals surface area contributed by atoms with Gasteiger partial charge in [0.25, 0.3) is 0 Å². The van der Waals surface area contributed by atoms with Crippen molar-refractivity contribution in [2.75, 3.05) is 6.61 Å². The average molecular weight is 169 g/mol. The highest BCUT2D eigenvalue weighted by atomic mass is 16.5. The predicted octanol–water partition coefficient (Wildman–Crippen LogP) is 1.55. The smallest absolute Gasteiger partial charge is 0.0757 e. The molecule has 70 valence electrons. The maximum absolute atomic E-state index is 5.73. The lowest BCUT2D eigenvalue weighted by molar-refractivity contribution is 0.0797. The van der Waals surface area contributed by atoms with Crippen LogP contribution in [-0.2, 0) is 4.74 Å². The molecule has 0 bridgehead atoms. The van der Waals surface area contributed by atoms with Crippen molar-refractivity contribution in [1.29, 1.82) is 0 Å². The first-order valence-corrected chi connectivity index (χ1v) is 5.15. The van der Waals surface area contributed by atoms with Gasteiger partial charge in [0.05, 0.1) is 6.10 Å². The van der Waals surface area contributed by atoms with E-state index in [0.29, 0.717) is 18.2 Å². The molecule has 2 unspecified atom stereocenters. The lowest BCUT2D eigenvalue weighted by Crippen LogP contribution is -2.41. The van der Waals surface area contributed by atoms with E-state index < -0.39 is 0 Å². The van der Waals surface area contributed by atoms with Gasteiger partial charge < -0.3 is 10.1 Å². The van der Waals surface area contributed by atoms with Crippen LogP contribution in [0, 0.1) is 5.92 Å². The molecule has 2 rings (SSSR count). The molecule has 12 heavy (non-hydrogen) atoms. The van der Waals surface area contributed by atoms with E-state index in [2.05, 4.69) is 19.2 Å². The van der Waals surface area contributed by atoms with Crippen molar-refractivity contribution in [3.05, 3.63) is 0 Å². The van der Waals surface area contributed by atoms with Gasteiger partial charge >= 0.3 is 0 Å². The molecule has 0 aromatic heterocycles. The molecular formula is C10H19NO. The molecule has 2 heteroatoms. The first-order chi connectivity index (χ1) is 5.77. The highest BCUT2D eigenvalue weighted by Crippen LogP contribution is 2.38. The molecule has 2 atom stereocenters. The lowest BCUT2D eigenvalue weighted by Gasteiger charge is -2.21. The second-order valence-corrected chi connectivity index (χ2v) is 4.39. The summed E-state index contributed by atoms with van der Waals surface area (Å²) in [6.45, 7) is 5.39. The van der Waals surface area contributed by atoms with Crippen LogP contribution in [0.25, 0.3) is 0 Å². The quantitative estimate of drug-likeness (QED) is 0.692. The maximum Gasteiger partial charge on any atom is 0.0757 e. The van der Waals surface area contributed by atoms with Crippen molar-refractivity contribution in [3.63, 3.8) is 0 Å². The molecule has 1 aliphatic heterocycles. The zero-order chi connectivity index (χ0) is 8.55. The molecule has 0 aromatic rings. The second kappa shape index (κ2) is 3.35. The summed E-state index contributed by atoms with van der Waals surface area (Å²) in [6.07, 6.45) is 4.52. The summed E-state index contributed by atoms with van der Waals surface area (Å²) in [4.78, 5) is 0. The summed E-state index contributed by atoms with van der Waals surface area (Å²) in [5.41, 5.74) is 0. The normalized spacial score (nSPS) is 36.2. The van der Waals surface area contributed by atoms with Gasteiger partial charge in [-0.05, 0) is 25.2 Å². The van der Waals surface area contributed by atoms with Crippen LogP contribution in [0.15, 0.2) is 0 Å². The van der Waals surface area contributed by atoms with Crippen LogP contribution in [0.2, 0.25) is 0 Å². The third kappa shape index (κ3) is 1.80. The Kier molecular flexibility index (Phi) is 2.37. The van der Waals surface area contributed by atoms with Crippen LogP contribution in [0.3, 0.4) is 0 Å². The molecule has 1 saturated carbocycles. The minimum Gasteiger partial charge on any atom is -0.376 e. The van der Waals surface area contributed by atoms with Crippen LogP contribution < -0.4 is 5.32 Å². The van der Waals surface area contributed by atoms with Gasteiger partial charge in [0.2, 0.25) is 0 Å². The summed E-state index contributed by atoms with van der Waals surface area (Å²) < 4.78 is 5.73. The van der Waals surface area contributed by atoms with Gasteiger partial charge in [-0.3, -0.25) is 0 Å². The summed E-state index contributed by atoms with van der Waals surface area (Å²) >= 11 is 0. The van der Waals surface area contributed by atoms with Gasteiger partial charge in [0.15, 0.2) is 0 Å². The second-order valence-electron chi connectivity index (χ2n) is 4.39. The fourth-order valence-corrected chi connectivity index (χ4v) is 2.11. The molecular weight excluding hydrogens is 150 g/mol. The molecule has 2 aliphatic rings. The molecule has 1 aliphatic carbocycles. The molecule has 1 N–H and O–H groups in total. The minimum absolute atomic E-state index is 0.535. The molecule has 0 aromatic carbocycles. The molecule has 0 radical (unpaired) electrons. The Hall–Kier alpha value is -0.0800. The van der Waals surface area contributed by atoms with Gasteiger partial charge in [0.1, 0.15) is 0 Å². The first-order valence-electron chi connectivity index (χ1n) is 5.15. The van der Waals surface area contributed by atoms with Gasteiger partial charge in [-0.1, -0.05) is 13.8 Å². The molecule has 0 spiro atoms. The summed E-state index contributed by atoms with van der Waals surface area (Å²) in [7, 11) is 0. The summed E-state index contributed by atoms with van der Waals surface area (Å²) in [5, 5.41) is 3.59. The van der Waals surface area contributed by atoms with Crippen molar-refractivity contribution in [2.24, 2.45) is 5.92 Å². The summed E-state index contributed by atoms with van der Waals surface area (Å²) in [6, 6.07) is 1.23. The van der Waals surface area contributed by atoms with Gasteiger partial charge in [-0.2, -0.15) is 0 Å². The number of ether oxygens (including phenoxy) is 1. The van der Waals surface area contributed by atoms with Gasteiger partial charge in [-0.25, -0.2) is 0 Å². The summed E-state index contributed by atoms with van der Waals surface area (Å²) in [5.74, 6) is 0.878. The molecule has 2 fully saturated rings. The van der Waals surface area contributed by atoms with Crippen molar-refractivity contribution in [2.45, 2.75) is 51.3 Å². The SMILES string of the molecule is CC(C)NC1CCOC1C1CC1. The van der Waals surface area contributed by atoms with Crippen molar-refractivity contribution >= 4 is 0 Å². The standard InChI is InChI=1S/C10H19NO/c1-7(2)11-9-5-6-12-10(9)8-3-4-8/h7-11H,3-6H2,1-2H3. The van der Waals surface area contributed by atoms with Crippen LogP contribution in [0.1, 0.15) is 33.1 Å². The molecule has 2 nitrogen and oxygen atoms in total. The monoisotopic (exact) mass is 169 g/mol. The fraction of sp³-hybridized carbons (Fsp3) is 1.00. The van der Waals surface area contributed by atoms with E-state index in [-0.39, 0.29) is 0 Å². The maximum atomic E-state index is 5.73. The Morgan fingerprint density at radius 2 is 2.00 bits per heavy atom. The Labute approximate surface area is 74.7 Å². The fourth-order valence-electron chi connectivity index (χ4n) is 2.11. The highest BCUT2D eigenvalue weighted by molar-refractivity contribution is 4.93. The van der Waals surface area contributed by atoms with E-state index in [9.17, 15) is 0 Å². The lowest BCUT2D eigenvalue weighted by atomic mass is 10.1. The van der Waals surface area contributed by atoms with E-state index in [1.165, 1.54) is 19.3 Å². The van der Waals surface area contributed by atoms with Gasteiger partial charge in [-0.15, -0.1) is 0 Å². The van der Waals surface area contributed by atoms with Crippen molar-refractivity contribution in [3.8, 4) is 0 Å². The third-order valence-corrected chi connectivity index (χ3v) is 2.77. The van der Waals surface area contributed by atoms with E-state index in [4.69, 9.17) is 4.74 Å². The average Bonchev–Trinajstić information content (AvgIpc) is 2.73. The predicted molar refractivity (Wildman–Crippen MR) is 49.1 cm³/mol. The van der Waals surface area contributed by atoms with E-state index in [1.807, 2.05) is 0 Å². The number of nitrogens with one attached hydrogen (secondary N) is 1. The zero-order valence-electron chi connectivity index (χ0n) is 8.05. The highest BCUT2D eigenvalue weighted by Gasteiger charge is 2.40. The molecule has 1 heterocycles. The van der Waals surface area contributed by atoms with Crippen molar-refractivity contribution < 1.29 is 4.74 Å². The van der Waals surface area contributed by atoms with E-state index >= 15 is 0 Å². The van der Waals surface area contributed by atoms with Crippen LogP contribution in [0.5, 0.6) is 0 Å². The third-order valence-electron chi connectivity index (χ3n) is 2.77.